The second kappa shape index (κ2) is 6.69. The quantitative estimate of drug-likeness (QED) is 0.651. The normalized spacial score (nSPS) is 11.2. The van der Waals surface area contributed by atoms with Crippen molar-refractivity contribution in [2.24, 2.45) is 0 Å². The molecule has 1 N–H and O–H groups in total. The molecule has 7 heteroatoms. The van der Waals surface area contributed by atoms with Crippen molar-refractivity contribution in [3.05, 3.63) is 33.9 Å². The highest BCUT2D eigenvalue weighted by atomic mass is 32.2. The van der Waals surface area contributed by atoms with Crippen LogP contribution in [-0.4, -0.2) is 20.2 Å². The molecule has 0 amide bonds. The van der Waals surface area contributed by atoms with Gasteiger partial charge in [-0.05, 0) is 6.42 Å². The van der Waals surface area contributed by atoms with Crippen LogP contribution in [0.15, 0.2) is 20.4 Å². The van der Waals surface area contributed by atoms with Crippen molar-refractivity contribution in [3.8, 4) is 0 Å². The molecule has 0 aliphatic carbocycles. The first-order valence-corrected chi connectivity index (χ1v) is 7.62. The molecule has 2 heterocycles. The van der Waals surface area contributed by atoms with Gasteiger partial charge in [0.15, 0.2) is 5.16 Å². The third-order valence-electron chi connectivity index (χ3n) is 2.59. The summed E-state index contributed by atoms with van der Waals surface area (Å²) in [5.41, 5.74) is 0.687. The monoisotopic (exact) mass is 294 g/mol. The Balaban J connectivity index is 2.04. The maximum Gasteiger partial charge on any atom is 0.251 e. The molecule has 6 nitrogen and oxygen atoms in total. The van der Waals surface area contributed by atoms with Crippen LogP contribution < -0.4 is 5.56 Å². The number of aromatic amines is 1. The van der Waals surface area contributed by atoms with Crippen LogP contribution in [0, 0.1) is 0 Å². The van der Waals surface area contributed by atoms with Crippen LogP contribution in [0.2, 0.25) is 0 Å². The lowest BCUT2D eigenvalue weighted by atomic mass is 10.2. The molecule has 0 saturated heterocycles. The van der Waals surface area contributed by atoms with Crippen molar-refractivity contribution in [1.82, 2.24) is 20.2 Å². The summed E-state index contributed by atoms with van der Waals surface area (Å²) in [7, 11) is 0. The van der Waals surface area contributed by atoms with E-state index in [0.717, 1.165) is 18.5 Å². The van der Waals surface area contributed by atoms with Crippen LogP contribution in [0.1, 0.15) is 50.6 Å². The van der Waals surface area contributed by atoms with E-state index in [2.05, 4.69) is 27.1 Å². The number of nitrogens with zero attached hydrogens (tertiary/aromatic N) is 3. The zero-order valence-electron chi connectivity index (χ0n) is 11.8. The van der Waals surface area contributed by atoms with Crippen molar-refractivity contribution in [1.29, 1.82) is 0 Å². The van der Waals surface area contributed by atoms with E-state index in [1.165, 1.54) is 17.8 Å². The minimum atomic E-state index is -0.126. The van der Waals surface area contributed by atoms with E-state index in [0.29, 0.717) is 22.7 Å². The number of aryl methyl sites for hydroxylation is 1. The molecule has 0 fully saturated rings. The molecule has 0 unspecified atom stereocenters. The SMILES string of the molecule is CCCc1cc(=O)[nH]c(SCc2nnc(C(C)C)o2)n1. The van der Waals surface area contributed by atoms with Gasteiger partial charge in [0.25, 0.3) is 5.56 Å². The predicted molar refractivity (Wildman–Crippen MR) is 76.8 cm³/mol. The fraction of sp³-hybridized carbons (Fsp3) is 0.538. The standard InChI is InChI=1S/C13H18N4O2S/c1-4-5-9-6-10(18)15-13(14-9)20-7-11-16-17-12(19-11)8(2)3/h6,8H,4-5,7H2,1-3H3,(H,14,15,18). The highest BCUT2D eigenvalue weighted by Crippen LogP contribution is 2.20. The first-order chi connectivity index (χ1) is 9.58. The smallest absolute Gasteiger partial charge is 0.251 e. The van der Waals surface area contributed by atoms with Gasteiger partial charge < -0.3 is 9.40 Å². The van der Waals surface area contributed by atoms with Gasteiger partial charge in [0.2, 0.25) is 11.8 Å². The summed E-state index contributed by atoms with van der Waals surface area (Å²) < 4.78 is 5.51. The van der Waals surface area contributed by atoms with Crippen LogP contribution in [0.3, 0.4) is 0 Å². The van der Waals surface area contributed by atoms with Crippen LogP contribution in [0.25, 0.3) is 0 Å². The largest absolute Gasteiger partial charge is 0.424 e. The molecule has 0 bridgehead atoms. The maximum absolute atomic E-state index is 11.5. The molecular formula is C13H18N4O2S. The van der Waals surface area contributed by atoms with Crippen LogP contribution in [0.4, 0.5) is 0 Å². The molecule has 0 atom stereocenters. The van der Waals surface area contributed by atoms with Gasteiger partial charge >= 0.3 is 0 Å². The molecule has 0 aliphatic rings. The molecule has 0 aromatic carbocycles. The second-order valence-corrected chi connectivity index (χ2v) is 5.73. The summed E-state index contributed by atoms with van der Waals surface area (Å²) in [6.45, 7) is 6.05. The first-order valence-electron chi connectivity index (χ1n) is 6.63. The number of nitrogens with one attached hydrogen (secondary N) is 1. The van der Waals surface area contributed by atoms with Crippen LogP contribution in [0.5, 0.6) is 0 Å². The van der Waals surface area contributed by atoms with E-state index in [1.807, 2.05) is 13.8 Å². The second-order valence-electron chi connectivity index (χ2n) is 4.77. The van der Waals surface area contributed by atoms with Gasteiger partial charge in [-0.1, -0.05) is 39.0 Å². The minimum Gasteiger partial charge on any atom is -0.424 e. The van der Waals surface area contributed by atoms with Crippen molar-refractivity contribution in [2.75, 3.05) is 0 Å². The number of hydrogen-bond acceptors (Lipinski definition) is 6. The number of hydrogen-bond donors (Lipinski definition) is 1. The Kier molecular flexibility index (Phi) is 4.94. The van der Waals surface area contributed by atoms with Crippen molar-refractivity contribution < 1.29 is 4.42 Å². The van der Waals surface area contributed by atoms with Gasteiger partial charge in [-0.2, -0.15) is 0 Å². The Bertz CT molecular complexity index is 621. The molecule has 2 aromatic rings. The van der Waals surface area contributed by atoms with Gasteiger partial charge in [-0.3, -0.25) is 4.79 Å². The van der Waals surface area contributed by atoms with Gasteiger partial charge in [0, 0.05) is 17.7 Å². The molecule has 2 aromatic heterocycles. The average Bonchev–Trinajstić information content (AvgIpc) is 2.85. The van der Waals surface area contributed by atoms with Gasteiger partial charge in [0.1, 0.15) is 0 Å². The third kappa shape index (κ3) is 3.93. The van der Waals surface area contributed by atoms with E-state index in [9.17, 15) is 4.79 Å². The van der Waals surface area contributed by atoms with Crippen molar-refractivity contribution in [3.63, 3.8) is 0 Å². The topological polar surface area (TPSA) is 84.7 Å². The number of thioether (sulfide) groups is 1. The van der Waals surface area contributed by atoms with Crippen molar-refractivity contribution in [2.45, 2.75) is 50.4 Å². The van der Waals surface area contributed by atoms with E-state index < -0.39 is 0 Å². The van der Waals surface area contributed by atoms with Crippen LogP contribution >= 0.6 is 11.8 Å². The number of H-pyrrole nitrogens is 1. The van der Waals surface area contributed by atoms with Gasteiger partial charge in [-0.25, -0.2) is 4.98 Å². The zero-order chi connectivity index (χ0) is 14.5. The fourth-order valence-corrected chi connectivity index (χ4v) is 2.36. The molecule has 20 heavy (non-hydrogen) atoms. The summed E-state index contributed by atoms with van der Waals surface area (Å²) in [5, 5.41) is 8.53. The molecule has 0 saturated carbocycles. The Morgan fingerprint density at radius 2 is 2.20 bits per heavy atom. The Morgan fingerprint density at radius 1 is 1.40 bits per heavy atom. The highest BCUT2D eigenvalue weighted by molar-refractivity contribution is 7.98. The third-order valence-corrected chi connectivity index (χ3v) is 3.45. The van der Waals surface area contributed by atoms with Gasteiger partial charge in [0.05, 0.1) is 5.75 Å². The molecular weight excluding hydrogens is 276 g/mol. The zero-order valence-corrected chi connectivity index (χ0v) is 12.7. The summed E-state index contributed by atoms with van der Waals surface area (Å²) >= 11 is 1.39. The Morgan fingerprint density at radius 3 is 2.85 bits per heavy atom. The van der Waals surface area contributed by atoms with E-state index >= 15 is 0 Å². The Hall–Kier alpha value is -1.63. The number of rotatable bonds is 6. The van der Waals surface area contributed by atoms with Gasteiger partial charge in [-0.15, -0.1) is 10.2 Å². The lowest BCUT2D eigenvalue weighted by Crippen LogP contribution is -2.09. The lowest BCUT2D eigenvalue weighted by Gasteiger charge is -2.01. The Labute approximate surface area is 121 Å². The average molecular weight is 294 g/mol. The summed E-state index contributed by atoms with van der Waals surface area (Å²) in [6.07, 6.45) is 1.76. The maximum atomic E-state index is 11.5. The molecule has 0 aliphatic heterocycles. The first kappa shape index (κ1) is 14.8. The van der Waals surface area contributed by atoms with E-state index in [-0.39, 0.29) is 11.5 Å². The summed E-state index contributed by atoms with van der Waals surface area (Å²) in [5.74, 6) is 1.88. The molecule has 108 valence electrons. The predicted octanol–water partition coefficient (Wildman–Crippen LogP) is 2.52. The molecule has 0 spiro atoms. The summed E-state index contributed by atoms with van der Waals surface area (Å²) in [6, 6.07) is 1.54. The van der Waals surface area contributed by atoms with Crippen molar-refractivity contribution >= 4 is 11.8 Å². The fourth-order valence-electron chi connectivity index (χ4n) is 1.62. The van der Waals surface area contributed by atoms with E-state index in [1.54, 1.807) is 0 Å². The summed E-state index contributed by atoms with van der Waals surface area (Å²) in [4.78, 5) is 18.6. The van der Waals surface area contributed by atoms with Crippen LogP contribution in [-0.2, 0) is 12.2 Å². The lowest BCUT2D eigenvalue weighted by molar-refractivity contribution is 0.445. The minimum absolute atomic E-state index is 0.126. The highest BCUT2D eigenvalue weighted by Gasteiger charge is 2.10. The number of aromatic nitrogens is 4. The molecule has 0 radical (unpaired) electrons. The molecule has 2 rings (SSSR count). The van der Waals surface area contributed by atoms with E-state index in [4.69, 9.17) is 4.42 Å².